The quantitative estimate of drug-likeness (QED) is 0.760. The molecule has 1 amide bonds. The van der Waals surface area contributed by atoms with E-state index in [0.29, 0.717) is 33.5 Å². The lowest BCUT2D eigenvalue weighted by Gasteiger charge is -2.12. The molecule has 0 spiro atoms. The third-order valence-electron chi connectivity index (χ3n) is 4.17. The van der Waals surface area contributed by atoms with E-state index in [1.54, 1.807) is 12.1 Å². The highest BCUT2D eigenvalue weighted by molar-refractivity contribution is 6.33. The van der Waals surface area contributed by atoms with Crippen molar-refractivity contribution in [2.24, 2.45) is 5.10 Å². The monoisotopic (exact) mass is 354 g/mol. The Balaban J connectivity index is 1.67. The van der Waals surface area contributed by atoms with Gasteiger partial charge in [0.25, 0.3) is 5.91 Å². The Labute approximate surface area is 150 Å². The van der Waals surface area contributed by atoms with E-state index < -0.39 is 0 Å². The number of hydrogen-bond acceptors (Lipinski definition) is 4. The maximum Gasteiger partial charge on any atom is 0.280 e. The molecule has 2 aliphatic rings. The van der Waals surface area contributed by atoms with E-state index in [4.69, 9.17) is 21.1 Å². The van der Waals surface area contributed by atoms with Crippen LogP contribution in [-0.4, -0.2) is 18.4 Å². The maximum atomic E-state index is 12.8. The van der Waals surface area contributed by atoms with Gasteiger partial charge in [0.15, 0.2) is 11.5 Å². The number of hydrogen-bond donors (Lipinski definition) is 0. The number of anilines is 1. The molecule has 6 heteroatoms. The summed E-state index contributed by atoms with van der Waals surface area (Å²) in [7, 11) is 0. The summed E-state index contributed by atoms with van der Waals surface area (Å²) in [6.45, 7) is 3.95. The highest BCUT2D eigenvalue weighted by atomic mass is 35.5. The van der Waals surface area contributed by atoms with Crippen LogP contribution < -0.4 is 14.5 Å². The van der Waals surface area contributed by atoms with Crippen molar-refractivity contribution in [2.45, 2.75) is 13.8 Å². The van der Waals surface area contributed by atoms with Gasteiger partial charge in [0.2, 0.25) is 6.79 Å². The number of benzene rings is 2. The van der Waals surface area contributed by atoms with E-state index >= 15 is 0 Å². The number of rotatable bonds is 2. The summed E-state index contributed by atoms with van der Waals surface area (Å²) in [5, 5.41) is 6.36. The average molecular weight is 355 g/mol. The van der Waals surface area contributed by atoms with Crippen LogP contribution in [0.15, 0.2) is 47.1 Å². The minimum atomic E-state index is -0.185. The first-order chi connectivity index (χ1) is 12.0. The molecule has 0 atom stereocenters. The average Bonchev–Trinajstić information content (AvgIpc) is 3.16. The summed E-state index contributed by atoms with van der Waals surface area (Å²) >= 11 is 6.17. The van der Waals surface area contributed by atoms with E-state index in [9.17, 15) is 4.79 Å². The summed E-state index contributed by atoms with van der Waals surface area (Å²) in [6.07, 6.45) is 1.80. The van der Waals surface area contributed by atoms with Crippen LogP contribution in [0.4, 0.5) is 5.69 Å². The molecule has 25 heavy (non-hydrogen) atoms. The summed E-state index contributed by atoms with van der Waals surface area (Å²) in [4.78, 5) is 12.8. The number of aryl methyl sites for hydroxylation is 1. The zero-order valence-corrected chi connectivity index (χ0v) is 14.5. The van der Waals surface area contributed by atoms with Crippen molar-refractivity contribution in [3.63, 3.8) is 0 Å². The van der Waals surface area contributed by atoms with Crippen LogP contribution in [0.1, 0.15) is 18.1 Å². The van der Waals surface area contributed by atoms with Crippen molar-refractivity contribution in [1.29, 1.82) is 0 Å². The Bertz CT molecular complexity index is 950. The molecule has 0 saturated heterocycles. The van der Waals surface area contributed by atoms with E-state index in [1.807, 2.05) is 44.2 Å². The van der Waals surface area contributed by atoms with Crippen LogP contribution in [0.25, 0.3) is 6.08 Å². The van der Waals surface area contributed by atoms with Gasteiger partial charge in [-0.05, 0) is 55.3 Å². The minimum Gasteiger partial charge on any atom is -0.454 e. The molecule has 2 aromatic carbocycles. The lowest BCUT2D eigenvalue weighted by molar-refractivity contribution is -0.114. The fourth-order valence-electron chi connectivity index (χ4n) is 2.74. The molecule has 0 fully saturated rings. The Hall–Kier alpha value is -2.79. The highest BCUT2D eigenvalue weighted by Gasteiger charge is 2.29. The molecular weight excluding hydrogens is 340 g/mol. The number of nitrogens with zero attached hydrogens (tertiary/aromatic N) is 2. The predicted octanol–water partition coefficient (Wildman–Crippen LogP) is 4.18. The number of fused-ring (bicyclic) bond motifs is 1. The smallest absolute Gasteiger partial charge is 0.280 e. The van der Waals surface area contributed by atoms with Crippen LogP contribution in [-0.2, 0) is 4.79 Å². The molecule has 0 saturated carbocycles. The normalized spacial score (nSPS) is 17.4. The highest BCUT2D eigenvalue weighted by Crippen LogP contribution is 2.34. The van der Waals surface area contributed by atoms with Crippen LogP contribution in [0.3, 0.4) is 0 Å². The van der Waals surface area contributed by atoms with Gasteiger partial charge >= 0.3 is 0 Å². The topological polar surface area (TPSA) is 51.1 Å². The van der Waals surface area contributed by atoms with E-state index in [1.165, 1.54) is 5.01 Å². The van der Waals surface area contributed by atoms with Gasteiger partial charge in [-0.15, -0.1) is 0 Å². The maximum absolute atomic E-state index is 12.8. The Morgan fingerprint density at radius 2 is 1.92 bits per heavy atom. The molecule has 0 unspecified atom stereocenters. The van der Waals surface area contributed by atoms with Gasteiger partial charge in [-0.25, -0.2) is 0 Å². The van der Waals surface area contributed by atoms with E-state index in [2.05, 4.69) is 5.10 Å². The van der Waals surface area contributed by atoms with E-state index in [0.717, 1.165) is 11.1 Å². The zero-order chi connectivity index (χ0) is 17.6. The largest absolute Gasteiger partial charge is 0.454 e. The summed E-state index contributed by atoms with van der Waals surface area (Å²) in [5.74, 6) is 1.20. The first-order valence-electron chi connectivity index (χ1n) is 7.80. The van der Waals surface area contributed by atoms with Crippen molar-refractivity contribution in [3.05, 3.63) is 58.1 Å². The minimum absolute atomic E-state index is 0.185. The SMILES string of the molecule is CC1=NN(c2ccc(C)c(Cl)c2)C(=O)/C1=C\c1ccc2c(c1)OCO2. The molecule has 0 aliphatic carbocycles. The summed E-state index contributed by atoms with van der Waals surface area (Å²) in [6, 6.07) is 11.0. The van der Waals surface area contributed by atoms with Crippen LogP contribution >= 0.6 is 11.6 Å². The molecule has 0 aromatic heterocycles. The third-order valence-corrected chi connectivity index (χ3v) is 4.58. The fourth-order valence-corrected chi connectivity index (χ4v) is 2.92. The number of carbonyl (C=O) groups is 1. The van der Waals surface area contributed by atoms with Crippen molar-refractivity contribution in [1.82, 2.24) is 0 Å². The first kappa shape index (κ1) is 15.7. The van der Waals surface area contributed by atoms with Crippen molar-refractivity contribution in [3.8, 4) is 11.5 Å². The number of hydrazone groups is 1. The van der Waals surface area contributed by atoms with Crippen LogP contribution in [0.5, 0.6) is 11.5 Å². The molecule has 5 nitrogen and oxygen atoms in total. The number of halogens is 1. The molecule has 0 N–H and O–H groups in total. The Morgan fingerprint density at radius 3 is 2.72 bits per heavy atom. The lowest BCUT2D eigenvalue weighted by atomic mass is 10.1. The molecule has 0 radical (unpaired) electrons. The summed E-state index contributed by atoms with van der Waals surface area (Å²) < 4.78 is 10.7. The second-order valence-corrected chi connectivity index (χ2v) is 6.31. The zero-order valence-electron chi connectivity index (χ0n) is 13.7. The molecule has 2 aliphatic heterocycles. The molecular formula is C19H15ClN2O3. The van der Waals surface area contributed by atoms with E-state index in [-0.39, 0.29) is 12.7 Å². The van der Waals surface area contributed by atoms with Crippen LogP contribution in [0.2, 0.25) is 5.02 Å². The van der Waals surface area contributed by atoms with Gasteiger partial charge < -0.3 is 9.47 Å². The third kappa shape index (κ3) is 2.76. The fraction of sp³-hybridized carbons (Fsp3) is 0.158. The van der Waals surface area contributed by atoms with Crippen molar-refractivity contribution < 1.29 is 14.3 Å². The van der Waals surface area contributed by atoms with Crippen LogP contribution in [0, 0.1) is 6.92 Å². The van der Waals surface area contributed by atoms with Gasteiger partial charge in [-0.3, -0.25) is 4.79 Å². The van der Waals surface area contributed by atoms with Gasteiger partial charge in [-0.2, -0.15) is 10.1 Å². The second-order valence-electron chi connectivity index (χ2n) is 5.91. The predicted molar refractivity (Wildman–Crippen MR) is 97.3 cm³/mol. The number of carbonyl (C=O) groups excluding carboxylic acids is 1. The Morgan fingerprint density at radius 1 is 1.12 bits per heavy atom. The lowest BCUT2D eigenvalue weighted by Crippen LogP contribution is -2.21. The second kappa shape index (κ2) is 5.93. The van der Waals surface area contributed by atoms with Gasteiger partial charge in [0.1, 0.15) is 0 Å². The molecule has 126 valence electrons. The number of ether oxygens (including phenoxy) is 2. The summed E-state index contributed by atoms with van der Waals surface area (Å²) in [5.41, 5.74) is 3.64. The van der Waals surface area contributed by atoms with Crippen molar-refractivity contribution >= 4 is 35.0 Å². The van der Waals surface area contributed by atoms with Gasteiger partial charge in [-0.1, -0.05) is 23.7 Å². The number of amides is 1. The first-order valence-corrected chi connectivity index (χ1v) is 8.18. The standard InChI is InChI=1S/C19H15ClN2O3/c1-11-3-5-14(9-16(11)20)22-19(23)15(12(2)21-22)7-13-4-6-17-18(8-13)25-10-24-17/h3-9H,10H2,1-2H3/b15-7-. The molecule has 0 bridgehead atoms. The van der Waals surface area contributed by atoms with Crippen molar-refractivity contribution in [2.75, 3.05) is 11.8 Å². The molecule has 2 aromatic rings. The van der Waals surface area contributed by atoms with Gasteiger partial charge in [0, 0.05) is 5.02 Å². The van der Waals surface area contributed by atoms with Gasteiger partial charge in [0.05, 0.1) is 17.0 Å². The Kier molecular flexibility index (Phi) is 3.73. The molecule has 2 heterocycles. The molecule has 4 rings (SSSR count).